The highest BCUT2D eigenvalue weighted by atomic mass is 16.5. The van der Waals surface area contributed by atoms with Crippen LogP contribution in [-0.2, 0) is 14.3 Å². The Morgan fingerprint density at radius 2 is 0.676 bits per heavy atom. The lowest BCUT2D eigenvalue weighted by molar-refractivity contribution is -0.143. The lowest BCUT2D eigenvalue weighted by Gasteiger charge is -2.22. The second-order valence-corrected chi connectivity index (χ2v) is 23.2. The molecule has 0 radical (unpaired) electrons. The number of rotatable bonds is 63. The number of amides is 1. The van der Waals surface area contributed by atoms with Crippen LogP contribution in [0, 0.1) is 0 Å². The smallest absolute Gasteiger partial charge is 0.305 e. The quantitative estimate of drug-likeness (QED) is 0.0320. The zero-order chi connectivity index (χ0) is 53.6. The summed E-state index contributed by atoms with van der Waals surface area (Å²) in [6.45, 7) is 4.96. The Hall–Kier alpha value is -1.66. The van der Waals surface area contributed by atoms with Gasteiger partial charge in [-0.3, -0.25) is 9.59 Å². The summed E-state index contributed by atoms with van der Waals surface area (Å²) in [5, 5.41) is 23.4. The summed E-state index contributed by atoms with van der Waals surface area (Å²) in [6.07, 6.45) is 79.1. The Bertz CT molecular complexity index is 1150. The van der Waals surface area contributed by atoms with E-state index in [9.17, 15) is 19.8 Å². The van der Waals surface area contributed by atoms with Crippen LogP contribution in [0.1, 0.15) is 373 Å². The Balaban J connectivity index is 3.40. The van der Waals surface area contributed by atoms with Gasteiger partial charge in [0.25, 0.3) is 0 Å². The van der Waals surface area contributed by atoms with Gasteiger partial charge in [-0.15, -0.1) is 0 Å². The summed E-state index contributed by atoms with van der Waals surface area (Å²) in [4.78, 5) is 24.6. The van der Waals surface area contributed by atoms with Crippen molar-refractivity contribution in [3.8, 4) is 0 Å². The molecule has 3 N–H and O–H groups in total. The molecular weight excluding hydrogens is 911 g/mol. The number of nitrogens with one attached hydrogen (secondary N) is 1. The van der Waals surface area contributed by atoms with E-state index in [-0.39, 0.29) is 18.5 Å². The largest absolute Gasteiger partial charge is 0.466 e. The van der Waals surface area contributed by atoms with Gasteiger partial charge in [-0.2, -0.15) is 0 Å². The van der Waals surface area contributed by atoms with Gasteiger partial charge in [-0.05, 0) is 57.8 Å². The maximum atomic E-state index is 12.5. The molecule has 0 aromatic heterocycles. The number of carbonyl (C=O) groups excluding carboxylic acids is 2. The van der Waals surface area contributed by atoms with Crippen molar-refractivity contribution in [1.29, 1.82) is 0 Å². The summed E-state index contributed by atoms with van der Waals surface area (Å²) < 4.78 is 5.49. The summed E-state index contributed by atoms with van der Waals surface area (Å²) in [6, 6.07) is -0.546. The molecule has 0 saturated heterocycles. The average Bonchev–Trinajstić information content (AvgIpc) is 3.40. The monoisotopic (exact) mass is 1040 g/mol. The first-order valence-corrected chi connectivity index (χ1v) is 33.6. The topological polar surface area (TPSA) is 95.9 Å². The SMILES string of the molecule is CCCCCC/C=C\C/C=C\CCCCCCCCCC(=O)OCCCCCCCCCCCCCCCCCCCCC(=O)NC(CO)C(O)CCCCCCCCCCCCCCCCCCCCCCC. The van der Waals surface area contributed by atoms with Crippen LogP contribution >= 0.6 is 0 Å². The van der Waals surface area contributed by atoms with E-state index in [0.29, 0.717) is 25.9 Å². The van der Waals surface area contributed by atoms with Gasteiger partial charge in [-0.1, -0.05) is 327 Å². The lowest BCUT2D eigenvalue weighted by atomic mass is 10.0. The molecule has 438 valence electrons. The van der Waals surface area contributed by atoms with Crippen LogP contribution in [0.5, 0.6) is 0 Å². The third-order valence-corrected chi connectivity index (χ3v) is 15.8. The van der Waals surface area contributed by atoms with E-state index in [0.717, 1.165) is 51.4 Å². The highest BCUT2D eigenvalue weighted by Crippen LogP contribution is 2.19. The van der Waals surface area contributed by atoms with Crippen molar-refractivity contribution >= 4 is 11.9 Å². The van der Waals surface area contributed by atoms with E-state index in [4.69, 9.17) is 4.74 Å². The number of unbranched alkanes of at least 4 members (excludes halogenated alkanes) is 48. The molecule has 74 heavy (non-hydrogen) atoms. The van der Waals surface area contributed by atoms with E-state index >= 15 is 0 Å². The maximum Gasteiger partial charge on any atom is 0.305 e. The minimum atomic E-state index is -0.668. The molecule has 0 bridgehead atoms. The van der Waals surface area contributed by atoms with Gasteiger partial charge in [0.05, 0.1) is 25.4 Å². The summed E-state index contributed by atoms with van der Waals surface area (Å²) in [7, 11) is 0. The van der Waals surface area contributed by atoms with Crippen LogP contribution in [0.4, 0.5) is 0 Å². The van der Waals surface area contributed by atoms with Crippen molar-refractivity contribution < 1.29 is 24.5 Å². The minimum Gasteiger partial charge on any atom is -0.466 e. The predicted molar refractivity (Wildman–Crippen MR) is 324 cm³/mol. The number of hydrogen-bond acceptors (Lipinski definition) is 5. The molecule has 0 aliphatic heterocycles. The minimum absolute atomic E-state index is 0.00104. The van der Waals surface area contributed by atoms with E-state index in [1.54, 1.807) is 0 Å². The maximum absolute atomic E-state index is 12.5. The Kier molecular flexibility index (Phi) is 62.4. The second kappa shape index (κ2) is 63.9. The van der Waals surface area contributed by atoms with Crippen LogP contribution in [0.3, 0.4) is 0 Å². The Morgan fingerprint density at radius 3 is 1.04 bits per heavy atom. The molecule has 0 aliphatic carbocycles. The third kappa shape index (κ3) is 59.6. The zero-order valence-electron chi connectivity index (χ0n) is 50.1. The predicted octanol–water partition coefficient (Wildman–Crippen LogP) is 21.4. The highest BCUT2D eigenvalue weighted by Gasteiger charge is 2.20. The van der Waals surface area contributed by atoms with Crippen LogP contribution in [0.15, 0.2) is 24.3 Å². The van der Waals surface area contributed by atoms with Crippen molar-refractivity contribution in [3.63, 3.8) is 0 Å². The molecule has 0 aromatic carbocycles. The molecule has 6 heteroatoms. The molecule has 6 nitrogen and oxygen atoms in total. The van der Waals surface area contributed by atoms with E-state index < -0.39 is 12.1 Å². The van der Waals surface area contributed by atoms with Crippen LogP contribution in [0.25, 0.3) is 0 Å². The molecule has 0 fully saturated rings. The van der Waals surface area contributed by atoms with Crippen LogP contribution in [-0.4, -0.2) is 47.4 Å². The van der Waals surface area contributed by atoms with Gasteiger partial charge in [0, 0.05) is 12.8 Å². The molecule has 0 rings (SSSR count). The van der Waals surface area contributed by atoms with E-state index in [1.807, 2.05) is 0 Å². The summed E-state index contributed by atoms with van der Waals surface area (Å²) in [5.41, 5.74) is 0. The second-order valence-electron chi connectivity index (χ2n) is 23.2. The molecular formula is C68H131NO5. The molecule has 0 spiro atoms. The number of esters is 1. The number of allylic oxidation sites excluding steroid dienone is 4. The van der Waals surface area contributed by atoms with Gasteiger partial charge >= 0.3 is 5.97 Å². The number of aliphatic hydroxyl groups excluding tert-OH is 2. The van der Waals surface area contributed by atoms with Crippen LogP contribution < -0.4 is 5.32 Å². The Labute approximate surface area is 462 Å². The van der Waals surface area contributed by atoms with Crippen molar-refractivity contribution in [2.45, 2.75) is 386 Å². The van der Waals surface area contributed by atoms with Crippen molar-refractivity contribution in [1.82, 2.24) is 5.32 Å². The number of ether oxygens (including phenoxy) is 1. The molecule has 2 unspecified atom stereocenters. The van der Waals surface area contributed by atoms with Crippen molar-refractivity contribution in [2.75, 3.05) is 13.2 Å². The molecule has 2 atom stereocenters. The first kappa shape index (κ1) is 72.3. The van der Waals surface area contributed by atoms with Gasteiger partial charge in [0.15, 0.2) is 0 Å². The van der Waals surface area contributed by atoms with Gasteiger partial charge in [0.1, 0.15) is 0 Å². The molecule has 0 aliphatic rings. The van der Waals surface area contributed by atoms with Crippen molar-refractivity contribution in [2.24, 2.45) is 0 Å². The fourth-order valence-corrected chi connectivity index (χ4v) is 10.6. The molecule has 0 heterocycles. The van der Waals surface area contributed by atoms with Gasteiger partial charge in [-0.25, -0.2) is 0 Å². The normalized spacial score (nSPS) is 12.6. The standard InChI is InChI=1S/C68H131NO5/c1-3-5-7-9-11-13-15-17-19-21-23-24-25-28-32-36-40-44-48-52-56-60-66(71)65(64-70)69-67(72)61-57-53-49-45-41-37-33-29-26-27-31-35-39-43-47-51-55-59-63-74-68(73)62-58-54-50-46-42-38-34-30-22-20-18-16-14-12-10-8-6-4-2/h14,16,20,22,65-66,70-71H,3-13,15,17-19,21,23-64H2,1-2H3,(H,69,72)/b16-14-,22-20-. The summed E-state index contributed by atoms with van der Waals surface area (Å²) >= 11 is 0. The lowest BCUT2D eigenvalue weighted by Crippen LogP contribution is -2.45. The van der Waals surface area contributed by atoms with Crippen LogP contribution in [0.2, 0.25) is 0 Å². The van der Waals surface area contributed by atoms with Gasteiger partial charge in [0.2, 0.25) is 5.91 Å². The zero-order valence-corrected chi connectivity index (χ0v) is 50.1. The number of hydrogen-bond donors (Lipinski definition) is 3. The Morgan fingerprint density at radius 1 is 0.378 bits per heavy atom. The number of carbonyl (C=O) groups is 2. The first-order chi connectivity index (χ1) is 36.5. The van der Waals surface area contributed by atoms with Crippen molar-refractivity contribution in [3.05, 3.63) is 24.3 Å². The number of aliphatic hydroxyl groups is 2. The van der Waals surface area contributed by atoms with E-state index in [2.05, 4.69) is 43.5 Å². The third-order valence-electron chi connectivity index (χ3n) is 15.8. The highest BCUT2D eigenvalue weighted by molar-refractivity contribution is 5.76. The average molecular weight is 1040 g/mol. The first-order valence-electron chi connectivity index (χ1n) is 33.6. The fraction of sp³-hybridized carbons (Fsp3) is 0.912. The molecule has 0 aromatic rings. The molecule has 0 saturated carbocycles. The van der Waals surface area contributed by atoms with Gasteiger partial charge < -0.3 is 20.3 Å². The molecule has 1 amide bonds. The fourth-order valence-electron chi connectivity index (χ4n) is 10.6. The van der Waals surface area contributed by atoms with E-state index in [1.165, 1.54) is 289 Å². The summed E-state index contributed by atoms with van der Waals surface area (Å²) in [5.74, 6) is -0.0342.